The molecule has 19 heavy (non-hydrogen) atoms. The highest BCUT2D eigenvalue weighted by molar-refractivity contribution is 9.10. The van der Waals surface area contributed by atoms with Crippen LogP contribution in [0.5, 0.6) is 0 Å². The summed E-state index contributed by atoms with van der Waals surface area (Å²) in [6, 6.07) is 7.58. The van der Waals surface area contributed by atoms with Gasteiger partial charge in [-0.3, -0.25) is 9.59 Å². The van der Waals surface area contributed by atoms with Crippen LogP contribution in [0.4, 0.5) is 5.69 Å². The Hall–Kier alpha value is -1.36. The molecular weight excluding hydrogens is 308 g/mol. The van der Waals surface area contributed by atoms with E-state index < -0.39 is 0 Å². The lowest BCUT2D eigenvalue weighted by atomic mass is 10.1. The molecule has 0 bridgehead atoms. The Morgan fingerprint density at radius 1 is 1.47 bits per heavy atom. The van der Waals surface area contributed by atoms with E-state index in [0.717, 1.165) is 10.2 Å². The van der Waals surface area contributed by atoms with Crippen molar-refractivity contribution in [2.24, 2.45) is 5.92 Å². The minimum absolute atomic E-state index is 0.0596. The van der Waals surface area contributed by atoms with Crippen molar-refractivity contribution in [2.45, 2.75) is 26.3 Å². The number of nitrogens with zero attached hydrogens (tertiary/aromatic N) is 1. The van der Waals surface area contributed by atoms with Gasteiger partial charge < -0.3 is 10.2 Å². The van der Waals surface area contributed by atoms with Crippen LogP contribution in [0.2, 0.25) is 0 Å². The first-order valence-corrected chi connectivity index (χ1v) is 7.12. The van der Waals surface area contributed by atoms with Crippen LogP contribution in [0.1, 0.15) is 20.3 Å². The summed E-state index contributed by atoms with van der Waals surface area (Å²) in [7, 11) is 0. The van der Waals surface area contributed by atoms with Crippen LogP contribution in [0, 0.1) is 5.92 Å². The van der Waals surface area contributed by atoms with Gasteiger partial charge >= 0.3 is 0 Å². The van der Waals surface area contributed by atoms with Gasteiger partial charge in [0, 0.05) is 29.2 Å². The molecule has 2 rings (SSSR count). The summed E-state index contributed by atoms with van der Waals surface area (Å²) in [4.78, 5) is 25.7. The molecule has 0 aromatic heterocycles. The van der Waals surface area contributed by atoms with Crippen molar-refractivity contribution in [2.75, 3.05) is 11.9 Å². The smallest absolute Gasteiger partial charge is 0.229 e. The number of rotatable bonds is 3. The van der Waals surface area contributed by atoms with E-state index >= 15 is 0 Å². The van der Waals surface area contributed by atoms with Gasteiger partial charge in [-0.2, -0.15) is 0 Å². The number of likely N-dealkylation sites (tertiary alicyclic amines) is 1. The second kappa shape index (κ2) is 5.74. The van der Waals surface area contributed by atoms with E-state index in [2.05, 4.69) is 21.2 Å². The van der Waals surface area contributed by atoms with E-state index in [0.29, 0.717) is 13.0 Å². The minimum Gasteiger partial charge on any atom is -0.339 e. The van der Waals surface area contributed by atoms with Crippen LogP contribution in [0.15, 0.2) is 28.7 Å². The Labute approximate surface area is 121 Å². The second-order valence-corrected chi connectivity index (χ2v) is 5.96. The first kappa shape index (κ1) is 14.1. The minimum atomic E-state index is -0.256. The van der Waals surface area contributed by atoms with Crippen molar-refractivity contribution in [1.29, 1.82) is 0 Å². The number of carbonyl (C=O) groups is 2. The lowest BCUT2D eigenvalue weighted by Crippen LogP contribution is -2.33. The highest BCUT2D eigenvalue weighted by atomic mass is 79.9. The third-order valence-electron chi connectivity index (χ3n) is 3.24. The summed E-state index contributed by atoms with van der Waals surface area (Å²) in [5.41, 5.74) is 0.745. The molecule has 2 amide bonds. The summed E-state index contributed by atoms with van der Waals surface area (Å²) in [5.74, 6) is -0.284. The number of carbonyl (C=O) groups excluding carboxylic acids is 2. The standard InChI is InChI=1S/C14H17BrN2O2/c1-9(2)17-8-10(6-13(17)18)14(19)16-12-5-3-4-11(15)7-12/h3-5,7,9-10H,6,8H2,1-2H3,(H,16,19)/t10-/m0/s1. The summed E-state index contributed by atoms with van der Waals surface area (Å²) in [6.45, 7) is 4.44. The molecule has 0 spiro atoms. The Morgan fingerprint density at radius 3 is 2.79 bits per heavy atom. The molecule has 0 aliphatic carbocycles. The van der Waals surface area contributed by atoms with Gasteiger partial charge in [-0.25, -0.2) is 0 Å². The molecule has 1 atom stereocenters. The average molecular weight is 325 g/mol. The summed E-state index contributed by atoms with van der Waals surface area (Å²) in [5, 5.41) is 2.86. The van der Waals surface area contributed by atoms with Crippen LogP contribution in [-0.4, -0.2) is 29.3 Å². The average Bonchev–Trinajstić information content (AvgIpc) is 2.71. The molecule has 1 aromatic rings. The van der Waals surface area contributed by atoms with E-state index in [4.69, 9.17) is 0 Å². The number of hydrogen-bond acceptors (Lipinski definition) is 2. The molecule has 0 radical (unpaired) electrons. The molecule has 1 aliphatic rings. The molecule has 0 saturated carbocycles. The van der Waals surface area contributed by atoms with E-state index in [-0.39, 0.29) is 23.8 Å². The number of hydrogen-bond donors (Lipinski definition) is 1. The van der Waals surface area contributed by atoms with E-state index in [1.54, 1.807) is 4.90 Å². The first-order valence-electron chi connectivity index (χ1n) is 6.33. The third kappa shape index (κ3) is 3.35. The molecule has 5 heteroatoms. The quantitative estimate of drug-likeness (QED) is 0.929. The zero-order chi connectivity index (χ0) is 14.0. The van der Waals surface area contributed by atoms with Crippen molar-refractivity contribution in [3.05, 3.63) is 28.7 Å². The lowest BCUT2D eigenvalue weighted by Gasteiger charge is -2.20. The van der Waals surface area contributed by atoms with Gasteiger partial charge in [0.05, 0.1) is 5.92 Å². The van der Waals surface area contributed by atoms with Crippen LogP contribution in [-0.2, 0) is 9.59 Å². The van der Waals surface area contributed by atoms with Gasteiger partial charge in [0.15, 0.2) is 0 Å². The topological polar surface area (TPSA) is 49.4 Å². The Morgan fingerprint density at radius 2 is 2.21 bits per heavy atom. The molecule has 1 saturated heterocycles. The number of nitrogens with one attached hydrogen (secondary N) is 1. The Kier molecular flexibility index (Phi) is 4.24. The Balaban J connectivity index is 2.00. The zero-order valence-electron chi connectivity index (χ0n) is 11.0. The SMILES string of the molecule is CC(C)N1C[C@@H](C(=O)Nc2cccc(Br)c2)CC1=O. The maximum absolute atomic E-state index is 12.1. The molecule has 1 heterocycles. The van der Waals surface area contributed by atoms with E-state index in [1.807, 2.05) is 38.1 Å². The lowest BCUT2D eigenvalue weighted by molar-refractivity contribution is -0.129. The highest BCUT2D eigenvalue weighted by Crippen LogP contribution is 2.22. The number of benzene rings is 1. The molecule has 1 aliphatic heterocycles. The molecule has 0 unspecified atom stereocenters. The van der Waals surface area contributed by atoms with Gasteiger partial charge in [-0.15, -0.1) is 0 Å². The normalized spacial score (nSPS) is 19.1. The fourth-order valence-electron chi connectivity index (χ4n) is 2.22. The monoisotopic (exact) mass is 324 g/mol. The van der Waals surface area contributed by atoms with Gasteiger partial charge in [0.25, 0.3) is 0 Å². The maximum Gasteiger partial charge on any atom is 0.229 e. The molecule has 1 fully saturated rings. The molecular formula is C14H17BrN2O2. The van der Waals surface area contributed by atoms with Gasteiger partial charge in [0.2, 0.25) is 11.8 Å². The van der Waals surface area contributed by atoms with E-state index in [9.17, 15) is 9.59 Å². The maximum atomic E-state index is 12.1. The first-order chi connectivity index (χ1) is 8.97. The van der Waals surface area contributed by atoms with Crippen molar-refractivity contribution in [3.63, 3.8) is 0 Å². The predicted octanol–water partition coefficient (Wildman–Crippen LogP) is 2.64. The molecule has 4 nitrogen and oxygen atoms in total. The number of anilines is 1. The van der Waals surface area contributed by atoms with Crippen molar-refractivity contribution in [1.82, 2.24) is 4.90 Å². The van der Waals surface area contributed by atoms with Gasteiger partial charge in [0.1, 0.15) is 0 Å². The molecule has 1 aromatic carbocycles. The van der Waals surface area contributed by atoms with Crippen LogP contribution in [0.3, 0.4) is 0 Å². The fraction of sp³-hybridized carbons (Fsp3) is 0.429. The van der Waals surface area contributed by atoms with Gasteiger partial charge in [-0.1, -0.05) is 22.0 Å². The Bertz CT molecular complexity index is 502. The van der Waals surface area contributed by atoms with Crippen LogP contribution in [0.25, 0.3) is 0 Å². The second-order valence-electron chi connectivity index (χ2n) is 5.04. The van der Waals surface area contributed by atoms with Crippen molar-refractivity contribution < 1.29 is 9.59 Å². The summed E-state index contributed by atoms with van der Waals surface area (Å²) in [6.07, 6.45) is 0.304. The third-order valence-corrected chi connectivity index (χ3v) is 3.74. The van der Waals surface area contributed by atoms with Crippen LogP contribution < -0.4 is 5.32 Å². The highest BCUT2D eigenvalue weighted by Gasteiger charge is 2.35. The predicted molar refractivity (Wildman–Crippen MR) is 77.7 cm³/mol. The van der Waals surface area contributed by atoms with Crippen LogP contribution >= 0.6 is 15.9 Å². The molecule has 1 N–H and O–H groups in total. The number of amides is 2. The summed E-state index contributed by atoms with van der Waals surface area (Å²) >= 11 is 3.36. The van der Waals surface area contributed by atoms with Crippen molar-refractivity contribution in [3.8, 4) is 0 Å². The molecule has 102 valence electrons. The van der Waals surface area contributed by atoms with Crippen molar-refractivity contribution >= 4 is 33.4 Å². The number of halogens is 1. The zero-order valence-corrected chi connectivity index (χ0v) is 12.6. The largest absolute Gasteiger partial charge is 0.339 e. The van der Waals surface area contributed by atoms with E-state index in [1.165, 1.54) is 0 Å². The fourth-order valence-corrected chi connectivity index (χ4v) is 2.62. The van der Waals surface area contributed by atoms with Gasteiger partial charge in [-0.05, 0) is 32.0 Å². The summed E-state index contributed by atoms with van der Waals surface area (Å²) < 4.78 is 0.914.